The predicted octanol–water partition coefficient (Wildman–Crippen LogP) is 5.48. The van der Waals surface area contributed by atoms with Gasteiger partial charge in [0, 0.05) is 11.3 Å². The van der Waals surface area contributed by atoms with Crippen LogP contribution in [0, 0.1) is 6.92 Å². The highest BCUT2D eigenvalue weighted by Crippen LogP contribution is 2.31. The SMILES string of the molecule is Cc1ccc(Oc2ccc(NC3=Nc4sccc4CO3)cc2)cc1. The van der Waals surface area contributed by atoms with Crippen molar-refractivity contribution in [2.24, 2.45) is 4.99 Å². The topological polar surface area (TPSA) is 42.8 Å². The molecule has 0 saturated heterocycles. The van der Waals surface area contributed by atoms with E-state index in [0.717, 1.165) is 27.8 Å². The second-order valence-corrected chi connectivity index (χ2v) is 6.42. The Balaban J connectivity index is 1.44. The Hall–Kier alpha value is -2.79. The molecule has 1 aliphatic heterocycles. The summed E-state index contributed by atoms with van der Waals surface area (Å²) in [7, 11) is 0. The maximum Gasteiger partial charge on any atom is 0.295 e. The van der Waals surface area contributed by atoms with Crippen molar-refractivity contribution in [3.8, 4) is 11.5 Å². The van der Waals surface area contributed by atoms with Gasteiger partial charge in [-0.25, -0.2) is 0 Å². The van der Waals surface area contributed by atoms with E-state index in [1.165, 1.54) is 5.56 Å². The molecule has 0 amide bonds. The average molecular weight is 336 g/mol. The van der Waals surface area contributed by atoms with Gasteiger partial charge >= 0.3 is 0 Å². The van der Waals surface area contributed by atoms with Gasteiger partial charge in [0.2, 0.25) is 0 Å². The summed E-state index contributed by atoms with van der Waals surface area (Å²) >= 11 is 1.62. The molecule has 1 N–H and O–H groups in total. The molecule has 4 nitrogen and oxygen atoms in total. The summed E-state index contributed by atoms with van der Waals surface area (Å²) in [6.45, 7) is 2.61. The number of nitrogens with one attached hydrogen (secondary N) is 1. The van der Waals surface area contributed by atoms with Gasteiger partial charge < -0.3 is 14.8 Å². The first kappa shape index (κ1) is 14.8. The lowest BCUT2D eigenvalue weighted by Gasteiger charge is -2.15. The van der Waals surface area contributed by atoms with Crippen molar-refractivity contribution >= 4 is 28.0 Å². The molecule has 5 heteroatoms. The Labute approximate surface area is 144 Å². The van der Waals surface area contributed by atoms with E-state index in [4.69, 9.17) is 9.47 Å². The van der Waals surface area contributed by atoms with Crippen LogP contribution in [0.5, 0.6) is 11.5 Å². The van der Waals surface area contributed by atoms with Gasteiger partial charge in [-0.05, 0) is 54.8 Å². The third kappa shape index (κ3) is 3.26. The molecule has 0 atom stereocenters. The molecule has 0 spiro atoms. The highest BCUT2D eigenvalue weighted by molar-refractivity contribution is 7.14. The van der Waals surface area contributed by atoms with Crippen molar-refractivity contribution in [3.63, 3.8) is 0 Å². The second kappa shape index (κ2) is 6.37. The Morgan fingerprint density at radius 1 is 1.00 bits per heavy atom. The molecule has 1 aliphatic rings. The highest BCUT2D eigenvalue weighted by Gasteiger charge is 2.14. The minimum absolute atomic E-state index is 0.525. The lowest BCUT2D eigenvalue weighted by Crippen LogP contribution is -2.18. The summed E-state index contributed by atoms with van der Waals surface area (Å²) in [6.07, 6.45) is 0. The third-order valence-electron chi connectivity index (χ3n) is 3.65. The van der Waals surface area contributed by atoms with E-state index in [9.17, 15) is 0 Å². The minimum atomic E-state index is 0.525. The van der Waals surface area contributed by atoms with Crippen molar-refractivity contribution in [2.75, 3.05) is 5.32 Å². The molecule has 0 radical (unpaired) electrons. The van der Waals surface area contributed by atoms with Crippen LogP contribution in [0.2, 0.25) is 0 Å². The summed E-state index contributed by atoms with van der Waals surface area (Å²) in [5.74, 6) is 1.61. The van der Waals surface area contributed by atoms with Crippen molar-refractivity contribution in [1.29, 1.82) is 0 Å². The van der Waals surface area contributed by atoms with Gasteiger partial charge in [-0.3, -0.25) is 0 Å². The van der Waals surface area contributed by atoms with Crippen LogP contribution in [0.4, 0.5) is 10.7 Å². The van der Waals surface area contributed by atoms with E-state index in [1.54, 1.807) is 11.3 Å². The summed E-state index contributed by atoms with van der Waals surface area (Å²) in [5, 5.41) is 6.22. The number of aliphatic imine (C=N–C) groups is 1. The van der Waals surface area contributed by atoms with Gasteiger partial charge in [0.15, 0.2) is 0 Å². The highest BCUT2D eigenvalue weighted by atomic mass is 32.1. The predicted molar refractivity (Wildman–Crippen MR) is 97.5 cm³/mol. The number of benzene rings is 2. The van der Waals surface area contributed by atoms with Gasteiger partial charge in [0.25, 0.3) is 6.02 Å². The molecule has 1 aromatic heterocycles. The molecule has 0 bridgehead atoms. The Bertz CT molecular complexity index is 867. The van der Waals surface area contributed by atoms with E-state index >= 15 is 0 Å². The molecule has 120 valence electrons. The van der Waals surface area contributed by atoms with Gasteiger partial charge in [-0.2, -0.15) is 4.99 Å². The van der Waals surface area contributed by atoms with Crippen molar-refractivity contribution < 1.29 is 9.47 Å². The molecule has 2 aromatic carbocycles. The molecule has 24 heavy (non-hydrogen) atoms. The molecule has 2 heterocycles. The van der Waals surface area contributed by atoms with Crippen LogP contribution >= 0.6 is 11.3 Å². The molecule has 0 fully saturated rings. The van der Waals surface area contributed by atoms with Crippen LogP contribution < -0.4 is 10.1 Å². The molecular weight excluding hydrogens is 320 g/mol. The number of hydrogen-bond acceptors (Lipinski definition) is 5. The number of hydrogen-bond donors (Lipinski definition) is 1. The summed E-state index contributed by atoms with van der Waals surface area (Å²) in [4.78, 5) is 4.47. The Morgan fingerprint density at radius 2 is 1.71 bits per heavy atom. The van der Waals surface area contributed by atoms with Crippen LogP contribution in [-0.4, -0.2) is 6.02 Å². The van der Waals surface area contributed by atoms with Crippen LogP contribution in [0.3, 0.4) is 0 Å². The number of nitrogens with zero attached hydrogens (tertiary/aromatic N) is 1. The Morgan fingerprint density at radius 3 is 2.46 bits per heavy atom. The van der Waals surface area contributed by atoms with Crippen molar-refractivity contribution in [1.82, 2.24) is 0 Å². The third-order valence-corrected chi connectivity index (χ3v) is 4.50. The van der Waals surface area contributed by atoms with Crippen molar-refractivity contribution in [2.45, 2.75) is 13.5 Å². The zero-order chi connectivity index (χ0) is 16.4. The largest absolute Gasteiger partial charge is 0.460 e. The van der Waals surface area contributed by atoms with Gasteiger partial charge in [0.05, 0.1) is 0 Å². The fraction of sp³-hybridized carbons (Fsp3) is 0.105. The maximum absolute atomic E-state index is 5.83. The number of fused-ring (bicyclic) bond motifs is 1. The first-order chi connectivity index (χ1) is 11.8. The van der Waals surface area contributed by atoms with E-state index in [2.05, 4.69) is 17.2 Å². The second-order valence-electron chi connectivity index (χ2n) is 5.52. The van der Waals surface area contributed by atoms with E-state index in [1.807, 2.05) is 60.0 Å². The van der Waals surface area contributed by atoms with E-state index in [-0.39, 0.29) is 0 Å². The maximum atomic E-state index is 5.83. The van der Waals surface area contributed by atoms with Crippen LogP contribution in [0.1, 0.15) is 11.1 Å². The van der Waals surface area contributed by atoms with Crippen LogP contribution in [-0.2, 0) is 11.3 Å². The fourth-order valence-corrected chi connectivity index (χ4v) is 3.12. The number of rotatable bonds is 3. The monoisotopic (exact) mass is 336 g/mol. The van der Waals surface area contributed by atoms with E-state index in [0.29, 0.717) is 12.6 Å². The van der Waals surface area contributed by atoms with Crippen molar-refractivity contribution in [3.05, 3.63) is 71.1 Å². The van der Waals surface area contributed by atoms with Gasteiger partial charge in [0.1, 0.15) is 23.1 Å². The van der Waals surface area contributed by atoms with Crippen LogP contribution in [0.15, 0.2) is 65.0 Å². The number of aryl methyl sites for hydroxylation is 1. The molecule has 3 aromatic rings. The number of amidine groups is 1. The summed E-state index contributed by atoms with van der Waals surface area (Å²) in [5.41, 5.74) is 3.25. The zero-order valence-corrected chi connectivity index (χ0v) is 14.0. The molecule has 0 unspecified atom stereocenters. The lowest BCUT2D eigenvalue weighted by atomic mass is 10.2. The summed E-state index contributed by atoms with van der Waals surface area (Å²) in [6, 6.07) is 18.3. The van der Waals surface area contributed by atoms with Gasteiger partial charge in [-0.15, -0.1) is 11.3 Å². The standard InChI is InChI=1S/C19H16N2O2S/c1-13-2-6-16(7-3-13)23-17-8-4-15(5-9-17)20-19-21-18-14(12-22-19)10-11-24-18/h2-11H,12H2,1H3,(H,20,21). The first-order valence-corrected chi connectivity index (χ1v) is 8.54. The lowest BCUT2D eigenvalue weighted by molar-refractivity contribution is 0.287. The minimum Gasteiger partial charge on any atom is -0.460 e. The molecule has 4 rings (SSSR count). The quantitative estimate of drug-likeness (QED) is 0.689. The fourth-order valence-electron chi connectivity index (χ4n) is 2.34. The molecule has 0 saturated carbocycles. The molecular formula is C19H16N2O2S. The van der Waals surface area contributed by atoms with Crippen LogP contribution in [0.25, 0.3) is 0 Å². The Kier molecular flexibility index (Phi) is 3.92. The summed E-state index contributed by atoms with van der Waals surface area (Å²) < 4.78 is 11.4. The molecule has 0 aliphatic carbocycles. The average Bonchev–Trinajstić information content (AvgIpc) is 3.06. The smallest absolute Gasteiger partial charge is 0.295 e. The number of ether oxygens (including phenoxy) is 2. The van der Waals surface area contributed by atoms with E-state index < -0.39 is 0 Å². The normalized spacial score (nSPS) is 12.8. The first-order valence-electron chi connectivity index (χ1n) is 7.66. The van der Waals surface area contributed by atoms with Gasteiger partial charge in [-0.1, -0.05) is 17.7 Å². The number of anilines is 1. The zero-order valence-electron chi connectivity index (χ0n) is 13.2. The number of thiophene rings is 1.